The molecule has 0 unspecified atom stereocenters. The van der Waals surface area contributed by atoms with Gasteiger partial charge in [0.1, 0.15) is 0 Å². The summed E-state index contributed by atoms with van der Waals surface area (Å²) < 4.78 is 36.1. The lowest BCUT2D eigenvalue weighted by molar-refractivity contribution is -0.131. The van der Waals surface area contributed by atoms with E-state index < -0.39 is 12.6 Å². The van der Waals surface area contributed by atoms with Crippen LogP contribution >= 0.6 is 0 Å². The summed E-state index contributed by atoms with van der Waals surface area (Å²) in [4.78, 5) is 4.14. The number of halogens is 3. The van der Waals surface area contributed by atoms with E-state index in [2.05, 4.69) is 10.3 Å². The molecule has 1 aromatic heterocycles. The van der Waals surface area contributed by atoms with Gasteiger partial charge in [0.2, 0.25) is 0 Å². The summed E-state index contributed by atoms with van der Waals surface area (Å²) in [6.45, 7) is -0.127. The number of nitrogens with zero attached hydrogens (tertiary/aromatic N) is 1. The van der Waals surface area contributed by atoms with Crippen LogP contribution in [0.15, 0.2) is 36.5 Å². The highest BCUT2D eigenvalue weighted by Gasteiger charge is 2.26. The second-order valence-electron chi connectivity index (χ2n) is 3.67. The van der Waals surface area contributed by atoms with E-state index in [1.807, 2.05) is 24.3 Å². The molecule has 2 aromatic rings. The molecule has 5 heteroatoms. The number of alkyl halides is 3. The van der Waals surface area contributed by atoms with Crippen molar-refractivity contribution >= 4 is 16.6 Å². The second-order valence-corrected chi connectivity index (χ2v) is 3.67. The van der Waals surface area contributed by atoms with Crippen LogP contribution in [0.25, 0.3) is 10.9 Å². The molecular weight excluding hydrogens is 229 g/mol. The molecule has 0 radical (unpaired) electrons. The predicted molar refractivity (Wildman–Crippen MR) is 60.9 cm³/mol. The number of aromatic nitrogens is 1. The van der Waals surface area contributed by atoms with Gasteiger partial charge in [-0.3, -0.25) is 4.98 Å². The molecule has 0 aliphatic carbocycles. The molecule has 1 heterocycles. The average molecular weight is 240 g/mol. The first-order chi connectivity index (χ1) is 8.06. The van der Waals surface area contributed by atoms with Crippen LogP contribution in [-0.2, 0) is 0 Å². The van der Waals surface area contributed by atoms with Crippen molar-refractivity contribution in [1.82, 2.24) is 4.98 Å². The summed E-state index contributed by atoms with van der Waals surface area (Å²) in [7, 11) is 0. The van der Waals surface area contributed by atoms with Crippen molar-refractivity contribution in [3.63, 3.8) is 0 Å². The first-order valence-electron chi connectivity index (χ1n) is 5.21. The summed E-state index contributed by atoms with van der Waals surface area (Å²) in [6.07, 6.45) is -3.39. The molecule has 2 rings (SSSR count). The maximum absolute atomic E-state index is 12.0. The Morgan fingerprint density at radius 3 is 2.65 bits per heavy atom. The van der Waals surface area contributed by atoms with Crippen molar-refractivity contribution in [2.45, 2.75) is 12.6 Å². The third-order valence-electron chi connectivity index (χ3n) is 2.37. The standard InChI is InChI=1S/C12H11F3N2/c13-12(14,15)6-8-17-11-5-7-16-10-4-2-1-3-9(10)11/h1-5,7H,6,8H2,(H,16,17). The van der Waals surface area contributed by atoms with Crippen LogP contribution in [-0.4, -0.2) is 17.7 Å². The van der Waals surface area contributed by atoms with E-state index in [1.54, 1.807) is 12.3 Å². The lowest BCUT2D eigenvalue weighted by atomic mass is 10.2. The molecule has 0 fully saturated rings. The average Bonchev–Trinajstić information content (AvgIpc) is 2.28. The van der Waals surface area contributed by atoms with Gasteiger partial charge in [-0.1, -0.05) is 18.2 Å². The Labute approximate surface area is 96.5 Å². The van der Waals surface area contributed by atoms with Gasteiger partial charge in [0.15, 0.2) is 0 Å². The Morgan fingerprint density at radius 2 is 1.88 bits per heavy atom. The number of fused-ring (bicyclic) bond motifs is 1. The molecule has 0 aliphatic rings. The third-order valence-corrected chi connectivity index (χ3v) is 2.37. The van der Waals surface area contributed by atoms with E-state index in [0.717, 1.165) is 10.9 Å². The lowest BCUT2D eigenvalue weighted by Crippen LogP contribution is -2.14. The van der Waals surface area contributed by atoms with Crippen LogP contribution in [0.3, 0.4) is 0 Å². The van der Waals surface area contributed by atoms with Crippen molar-refractivity contribution in [2.75, 3.05) is 11.9 Å². The lowest BCUT2D eigenvalue weighted by Gasteiger charge is -2.10. The Bertz CT molecular complexity index is 503. The number of pyridine rings is 1. The van der Waals surface area contributed by atoms with Crippen molar-refractivity contribution in [3.05, 3.63) is 36.5 Å². The molecule has 0 spiro atoms. The molecule has 0 amide bonds. The van der Waals surface area contributed by atoms with Crippen molar-refractivity contribution in [1.29, 1.82) is 0 Å². The van der Waals surface area contributed by atoms with Crippen LogP contribution in [0.5, 0.6) is 0 Å². The van der Waals surface area contributed by atoms with E-state index in [-0.39, 0.29) is 6.54 Å². The SMILES string of the molecule is FC(F)(F)CCNc1ccnc2ccccc12. The third kappa shape index (κ3) is 3.09. The maximum atomic E-state index is 12.0. The molecule has 0 saturated carbocycles. The van der Waals surface area contributed by atoms with Crippen molar-refractivity contribution in [3.8, 4) is 0 Å². The molecule has 1 aromatic carbocycles. The number of anilines is 1. The summed E-state index contributed by atoms with van der Waals surface area (Å²) in [6, 6.07) is 9.01. The largest absolute Gasteiger partial charge is 0.390 e. The summed E-state index contributed by atoms with van der Waals surface area (Å²) >= 11 is 0. The number of hydrogen-bond donors (Lipinski definition) is 1. The van der Waals surface area contributed by atoms with Crippen LogP contribution in [0, 0.1) is 0 Å². The van der Waals surface area contributed by atoms with Gasteiger partial charge in [0.25, 0.3) is 0 Å². The van der Waals surface area contributed by atoms with Gasteiger partial charge in [0, 0.05) is 23.8 Å². The maximum Gasteiger partial charge on any atom is 0.390 e. The Morgan fingerprint density at radius 1 is 1.12 bits per heavy atom. The number of para-hydroxylation sites is 1. The minimum atomic E-state index is -4.13. The van der Waals surface area contributed by atoms with Crippen molar-refractivity contribution in [2.24, 2.45) is 0 Å². The molecule has 1 N–H and O–H groups in total. The summed E-state index contributed by atoms with van der Waals surface area (Å²) in [5.41, 5.74) is 1.45. The Kier molecular flexibility index (Phi) is 3.17. The Balaban J connectivity index is 2.13. The van der Waals surface area contributed by atoms with E-state index in [1.165, 1.54) is 0 Å². The molecular formula is C12H11F3N2. The fourth-order valence-corrected chi connectivity index (χ4v) is 1.59. The second kappa shape index (κ2) is 4.61. The number of hydrogen-bond acceptors (Lipinski definition) is 2. The first-order valence-corrected chi connectivity index (χ1v) is 5.21. The predicted octanol–water partition coefficient (Wildman–Crippen LogP) is 3.60. The van der Waals surface area contributed by atoms with E-state index >= 15 is 0 Å². The zero-order chi connectivity index (χ0) is 12.3. The van der Waals surface area contributed by atoms with E-state index in [9.17, 15) is 13.2 Å². The fraction of sp³-hybridized carbons (Fsp3) is 0.250. The molecule has 90 valence electrons. The number of nitrogens with one attached hydrogen (secondary N) is 1. The topological polar surface area (TPSA) is 24.9 Å². The highest BCUT2D eigenvalue weighted by Crippen LogP contribution is 2.23. The van der Waals surface area contributed by atoms with Gasteiger partial charge in [0.05, 0.1) is 11.9 Å². The molecule has 17 heavy (non-hydrogen) atoms. The minimum Gasteiger partial charge on any atom is -0.384 e. The molecule has 0 atom stereocenters. The normalized spacial score (nSPS) is 11.7. The first kappa shape index (κ1) is 11.7. The van der Waals surface area contributed by atoms with Gasteiger partial charge < -0.3 is 5.32 Å². The molecule has 2 nitrogen and oxygen atoms in total. The highest BCUT2D eigenvalue weighted by atomic mass is 19.4. The Hall–Kier alpha value is -1.78. The van der Waals surface area contributed by atoms with E-state index in [0.29, 0.717) is 5.69 Å². The van der Waals surface area contributed by atoms with Gasteiger partial charge in [-0.25, -0.2) is 0 Å². The zero-order valence-electron chi connectivity index (χ0n) is 8.96. The number of rotatable bonds is 3. The van der Waals surface area contributed by atoms with E-state index in [4.69, 9.17) is 0 Å². The molecule has 0 aliphatic heterocycles. The summed E-state index contributed by atoms with van der Waals surface area (Å²) in [5, 5.41) is 3.61. The smallest absolute Gasteiger partial charge is 0.384 e. The van der Waals surface area contributed by atoms with Crippen LogP contribution in [0.1, 0.15) is 6.42 Å². The quantitative estimate of drug-likeness (QED) is 0.886. The molecule has 0 bridgehead atoms. The van der Waals surface area contributed by atoms with Crippen LogP contribution < -0.4 is 5.32 Å². The zero-order valence-corrected chi connectivity index (χ0v) is 8.96. The summed E-state index contributed by atoms with van der Waals surface area (Å²) in [5.74, 6) is 0. The van der Waals surface area contributed by atoms with Gasteiger partial charge in [-0.15, -0.1) is 0 Å². The van der Waals surface area contributed by atoms with Crippen LogP contribution in [0.4, 0.5) is 18.9 Å². The van der Waals surface area contributed by atoms with Gasteiger partial charge in [-0.2, -0.15) is 13.2 Å². The van der Waals surface area contributed by atoms with Gasteiger partial charge >= 0.3 is 6.18 Å². The highest BCUT2D eigenvalue weighted by molar-refractivity contribution is 5.90. The van der Waals surface area contributed by atoms with Crippen LogP contribution in [0.2, 0.25) is 0 Å². The number of benzene rings is 1. The minimum absolute atomic E-state index is 0.127. The molecule has 0 saturated heterocycles. The monoisotopic (exact) mass is 240 g/mol. The fourth-order valence-electron chi connectivity index (χ4n) is 1.59. The van der Waals surface area contributed by atoms with Crippen molar-refractivity contribution < 1.29 is 13.2 Å². The van der Waals surface area contributed by atoms with Gasteiger partial charge in [-0.05, 0) is 12.1 Å².